The molecule has 1 saturated heterocycles. The minimum Gasteiger partial charge on any atom is -0.507 e. The second kappa shape index (κ2) is 12.4. The first-order chi connectivity index (χ1) is 15.0. The van der Waals surface area contributed by atoms with Gasteiger partial charge in [0.1, 0.15) is 5.75 Å². The van der Waals surface area contributed by atoms with Crippen molar-refractivity contribution >= 4 is 24.8 Å². The molecule has 0 unspecified atom stereocenters. The Morgan fingerprint density at radius 2 is 1.73 bits per heavy atom. The molecular weight excluding hydrogens is 455 g/mol. The number of likely N-dealkylation sites (tertiary alicyclic amines) is 1. The number of likely N-dealkylation sites (N-methyl/N-ethyl adjacent to an activating group) is 1. The van der Waals surface area contributed by atoms with Crippen LogP contribution in [-0.4, -0.2) is 42.8 Å². The molecule has 184 valence electrons. The van der Waals surface area contributed by atoms with Gasteiger partial charge in [-0.3, -0.25) is 4.90 Å². The number of phenolic OH excluding ortho intramolecular Hbond substituents is 1. The Balaban J connectivity index is 0.00000193. The van der Waals surface area contributed by atoms with E-state index in [1.807, 2.05) is 20.0 Å². The molecule has 2 N–H and O–H groups in total. The van der Waals surface area contributed by atoms with Crippen LogP contribution in [0, 0.1) is 12.8 Å². The molecule has 1 fully saturated rings. The van der Waals surface area contributed by atoms with Crippen LogP contribution in [0.2, 0.25) is 0 Å². The second-order valence-corrected chi connectivity index (χ2v) is 9.73. The number of nitrogens with one attached hydrogen (secondary N) is 1. The van der Waals surface area contributed by atoms with Gasteiger partial charge in [-0.25, -0.2) is 0 Å². The van der Waals surface area contributed by atoms with E-state index in [9.17, 15) is 5.11 Å². The summed E-state index contributed by atoms with van der Waals surface area (Å²) in [4.78, 5) is 2.57. The van der Waals surface area contributed by atoms with Crippen LogP contribution >= 0.6 is 24.8 Å². The van der Waals surface area contributed by atoms with Crippen molar-refractivity contribution in [2.24, 2.45) is 5.92 Å². The average molecular weight is 496 g/mol. The molecule has 2 aromatic carbocycles. The van der Waals surface area contributed by atoms with Gasteiger partial charge in [-0.05, 0) is 74.0 Å². The summed E-state index contributed by atoms with van der Waals surface area (Å²) in [5.74, 6) is 1.60. The predicted octanol–water partition coefficient (Wildman–Crippen LogP) is 5.78. The monoisotopic (exact) mass is 494 g/mol. The second-order valence-electron chi connectivity index (χ2n) is 9.73. The Hall–Kier alpha value is -1.30. The van der Waals surface area contributed by atoms with E-state index in [1.54, 1.807) is 0 Å². The van der Waals surface area contributed by atoms with E-state index in [4.69, 9.17) is 4.74 Å². The standard InChI is InChI=1S/C27H38N2O2.2ClH/c1-18(2)21-8-6-20(7-9-21)17-29-13-11-22(12-14-29)25-15-24-23(26(31-25)16-28-4)10-5-19(3)27(24)30;;/h5-10,18,22,25-26,28,30H,11-17H2,1-4H3;2*1H/t25-,26-;;/m0../s1. The third-order valence-corrected chi connectivity index (χ3v) is 7.21. The van der Waals surface area contributed by atoms with E-state index >= 15 is 0 Å². The molecule has 4 nitrogen and oxygen atoms in total. The number of fused-ring (bicyclic) bond motifs is 1. The molecular formula is C27H40Cl2N2O2. The van der Waals surface area contributed by atoms with Crippen molar-refractivity contribution in [3.05, 3.63) is 64.2 Å². The fourth-order valence-electron chi connectivity index (χ4n) is 5.19. The summed E-state index contributed by atoms with van der Waals surface area (Å²) < 4.78 is 6.58. The van der Waals surface area contributed by atoms with Gasteiger partial charge < -0.3 is 15.2 Å². The van der Waals surface area contributed by atoms with E-state index < -0.39 is 0 Å². The largest absolute Gasteiger partial charge is 0.507 e. The van der Waals surface area contributed by atoms with Gasteiger partial charge in [-0.15, -0.1) is 24.8 Å². The average Bonchev–Trinajstić information content (AvgIpc) is 2.77. The Kier molecular flexibility index (Phi) is 10.5. The van der Waals surface area contributed by atoms with Crippen LogP contribution in [0.3, 0.4) is 0 Å². The summed E-state index contributed by atoms with van der Waals surface area (Å²) in [5.41, 5.74) is 6.02. The molecule has 4 rings (SSSR count). The van der Waals surface area contributed by atoms with Gasteiger partial charge in [0.2, 0.25) is 0 Å². The Labute approximate surface area is 211 Å². The number of hydrogen-bond donors (Lipinski definition) is 2. The molecule has 0 aliphatic carbocycles. The van der Waals surface area contributed by atoms with Gasteiger partial charge >= 0.3 is 0 Å². The minimum atomic E-state index is 0. The number of piperidine rings is 1. The van der Waals surface area contributed by atoms with Crippen molar-refractivity contribution < 1.29 is 9.84 Å². The molecule has 0 saturated carbocycles. The highest BCUT2D eigenvalue weighted by Crippen LogP contribution is 2.40. The minimum absolute atomic E-state index is 0. The number of aromatic hydroxyl groups is 1. The van der Waals surface area contributed by atoms with E-state index in [1.165, 1.54) is 11.1 Å². The zero-order valence-electron chi connectivity index (χ0n) is 20.3. The molecule has 2 aliphatic heterocycles. The summed E-state index contributed by atoms with van der Waals surface area (Å²) in [6, 6.07) is 13.3. The molecule has 0 aromatic heterocycles. The van der Waals surface area contributed by atoms with Crippen LogP contribution < -0.4 is 5.32 Å². The number of benzene rings is 2. The van der Waals surface area contributed by atoms with Crippen LogP contribution in [0.25, 0.3) is 0 Å². The molecule has 2 heterocycles. The van der Waals surface area contributed by atoms with Crippen LogP contribution in [0.4, 0.5) is 0 Å². The van der Waals surface area contributed by atoms with E-state index in [2.05, 4.69) is 54.4 Å². The molecule has 2 aliphatic rings. The normalized spacial score (nSPS) is 21.2. The van der Waals surface area contributed by atoms with Gasteiger partial charge in [0.15, 0.2) is 0 Å². The lowest BCUT2D eigenvalue weighted by Crippen LogP contribution is -2.42. The molecule has 0 radical (unpaired) electrons. The first-order valence-electron chi connectivity index (χ1n) is 11.9. The fraction of sp³-hybridized carbons (Fsp3) is 0.556. The number of hydrogen-bond acceptors (Lipinski definition) is 4. The molecule has 0 amide bonds. The SMILES string of the molecule is CNC[C@@H]1O[C@H](C2CCN(Cc3ccc(C(C)C)cc3)CC2)Cc2c1ccc(C)c2O.Cl.Cl. The van der Waals surface area contributed by atoms with Crippen molar-refractivity contribution in [1.82, 2.24) is 10.2 Å². The number of rotatable bonds is 6. The summed E-state index contributed by atoms with van der Waals surface area (Å²) in [6.45, 7) is 10.5. The summed E-state index contributed by atoms with van der Waals surface area (Å²) in [6.07, 6.45) is 3.34. The maximum atomic E-state index is 10.7. The van der Waals surface area contributed by atoms with Crippen molar-refractivity contribution in [3.63, 3.8) is 0 Å². The Morgan fingerprint density at radius 3 is 2.33 bits per heavy atom. The van der Waals surface area contributed by atoms with Gasteiger partial charge in [0, 0.05) is 25.1 Å². The molecule has 0 spiro atoms. The highest BCUT2D eigenvalue weighted by molar-refractivity contribution is 5.85. The lowest BCUT2D eigenvalue weighted by atomic mass is 9.83. The Morgan fingerprint density at radius 1 is 1.06 bits per heavy atom. The molecule has 2 aromatic rings. The number of ether oxygens (including phenoxy) is 1. The van der Waals surface area contributed by atoms with Crippen LogP contribution in [0.1, 0.15) is 66.5 Å². The van der Waals surface area contributed by atoms with Crippen LogP contribution in [0.5, 0.6) is 5.75 Å². The first-order valence-corrected chi connectivity index (χ1v) is 11.9. The number of aryl methyl sites for hydroxylation is 1. The van der Waals surface area contributed by atoms with Crippen LogP contribution in [-0.2, 0) is 17.7 Å². The lowest BCUT2D eigenvalue weighted by Gasteiger charge is -2.40. The third-order valence-electron chi connectivity index (χ3n) is 7.21. The summed E-state index contributed by atoms with van der Waals surface area (Å²) >= 11 is 0. The molecule has 6 heteroatoms. The van der Waals surface area contributed by atoms with Gasteiger partial charge in [0.05, 0.1) is 12.2 Å². The summed E-state index contributed by atoms with van der Waals surface area (Å²) in [7, 11) is 1.97. The fourth-order valence-corrected chi connectivity index (χ4v) is 5.19. The van der Waals surface area contributed by atoms with Crippen molar-refractivity contribution in [2.75, 3.05) is 26.7 Å². The highest BCUT2D eigenvalue weighted by atomic mass is 35.5. The molecule has 33 heavy (non-hydrogen) atoms. The third kappa shape index (κ3) is 6.43. The van der Waals surface area contributed by atoms with E-state index in [0.29, 0.717) is 17.6 Å². The molecule has 0 bridgehead atoms. The predicted molar refractivity (Wildman–Crippen MR) is 141 cm³/mol. The Bertz CT molecular complexity index is 880. The smallest absolute Gasteiger partial charge is 0.122 e. The van der Waals surface area contributed by atoms with E-state index in [-0.39, 0.29) is 37.0 Å². The lowest BCUT2D eigenvalue weighted by molar-refractivity contribution is -0.0674. The van der Waals surface area contributed by atoms with Crippen LogP contribution in [0.15, 0.2) is 36.4 Å². The molecule has 2 atom stereocenters. The van der Waals surface area contributed by atoms with Crippen molar-refractivity contribution in [2.45, 2.75) is 64.7 Å². The maximum absolute atomic E-state index is 10.7. The number of nitrogens with zero attached hydrogens (tertiary/aromatic N) is 1. The highest BCUT2D eigenvalue weighted by Gasteiger charge is 2.35. The maximum Gasteiger partial charge on any atom is 0.122 e. The summed E-state index contributed by atoms with van der Waals surface area (Å²) in [5, 5.41) is 14.0. The zero-order chi connectivity index (χ0) is 22.0. The number of phenols is 1. The van der Waals surface area contributed by atoms with E-state index in [0.717, 1.165) is 62.1 Å². The zero-order valence-corrected chi connectivity index (χ0v) is 22.0. The van der Waals surface area contributed by atoms with Crippen molar-refractivity contribution in [1.29, 1.82) is 0 Å². The van der Waals surface area contributed by atoms with Gasteiger partial charge in [-0.1, -0.05) is 50.2 Å². The quantitative estimate of drug-likeness (QED) is 0.533. The topological polar surface area (TPSA) is 44.7 Å². The van der Waals surface area contributed by atoms with Crippen molar-refractivity contribution in [3.8, 4) is 5.75 Å². The van der Waals surface area contributed by atoms with Gasteiger partial charge in [-0.2, -0.15) is 0 Å². The first kappa shape index (κ1) is 27.9. The number of halogens is 2. The van der Waals surface area contributed by atoms with Gasteiger partial charge in [0.25, 0.3) is 0 Å².